The number of phenols is 1. The van der Waals surface area contributed by atoms with Crippen LogP contribution >= 0.6 is 0 Å². The van der Waals surface area contributed by atoms with Gasteiger partial charge in [0.05, 0.1) is 6.20 Å². The summed E-state index contributed by atoms with van der Waals surface area (Å²) in [4.78, 5) is 19.6. The van der Waals surface area contributed by atoms with Gasteiger partial charge in [-0.05, 0) is 109 Å². The number of unbranched alkanes of at least 4 members (excludes halogenated alkanes) is 4. The summed E-state index contributed by atoms with van der Waals surface area (Å²) in [6.45, 7) is 3.05. The maximum absolute atomic E-state index is 13.2. The van der Waals surface area contributed by atoms with E-state index >= 15 is 0 Å². The van der Waals surface area contributed by atoms with Crippen molar-refractivity contribution in [3.63, 3.8) is 0 Å². The quantitative estimate of drug-likeness (QED) is 0.0596. The number of nitrogens with zero attached hydrogens (tertiary/aromatic N) is 3. The number of hydroxylamine groups is 1. The van der Waals surface area contributed by atoms with Crippen LogP contribution < -0.4 is 5.48 Å². The fourth-order valence-corrected chi connectivity index (χ4v) is 10.6. The molecule has 0 radical (unpaired) electrons. The molecule has 3 aliphatic carbocycles. The van der Waals surface area contributed by atoms with Gasteiger partial charge >= 0.3 is 0 Å². The summed E-state index contributed by atoms with van der Waals surface area (Å²) in [7, 11) is 0. The Labute approximate surface area is 324 Å². The molecule has 0 saturated heterocycles. The first-order valence-corrected chi connectivity index (χ1v) is 20.4. The van der Waals surface area contributed by atoms with Crippen molar-refractivity contribution in [1.82, 2.24) is 20.5 Å². The van der Waals surface area contributed by atoms with Gasteiger partial charge < -0.3 is 10.2 Å². The van der Waals surface area contributed by atoms with Crippen molar-refractivity contribution < 1.29 is 19.8 Å². The molecular weight excluding hydrogens is 685 g/mol. The maximum atomic E-state index is 13.2. The van der Waals surface area contributed by atoms with Crippen LogP contribution in [0.3, 0.4) is 0 Å². The van der Waals surface area contributed by atoms with Gasteiger partial charge in [0, 0.05) is 18.4 Å². The number of rotatable bonds is 14. The Morgan fingerprint density at radius 2 is 1.47 bits per heavy atom. The molecule has 55 heavy (non-hydrogen) atoms. The van der Waals surface area contributed by atoms with E-state index in [1.807, 2.05) is 114 Å². The molecule has 1 heterocycles. The lowest BCUT2D eigenvalue weighted by molar-refractivity contribution is -0.143. The van der Waals surface area contributed by atoms with E-state index in [1.54, 1.807) is 0 Å². The summed E-state index contributed by atoms with van der Waals surface area (Å²) < 4.78 is 1.90. The van der Waals surface area contributed by atoms with Crippen molar-refractivity contribution >= 4 is 5.91 Å². The summed E-state index contributed by atoms with van der Waals surface area (Å²) in [5.41, 5.74) is 6.86. The molecule has 5 atom stereocenters. The third-order valence-electron chi connectivity index (χ3n) is 13.5. The van der Waals surface area contributed by atoms with E-state index in [0.29, 0.717) is 29.9 Å². The lowest BCUT2D eigenvalue weighted by atomic mass is 9.53. The largest absolute Gasteiger partial charge is 0.508 e. The number of carbonyl (C=O) groups is 1. The first kappa shape index (κ1) is 37.1. The van der Waals surface area contributed by atoms with Crippen LogP contribution in [0.4, 0.5) is 0 Å². The van der Waals surface area contributed by atoms with Crippen LogP contribution in [0.25, 0.3) is 0 Å². The lowest BCUT2D eigenvalue weighted by Gasteiger charge is -2.52. The normalized spacial score (nSPS) is 24.4. The number of aryl methyl sites for hydroxylation is 2. The summed E-state index contributed by atoms with van der Waals surface area (Å²) in [6, 6.07) is 36.0. The highest BCUT2D eigenvalue weighted by atomic mass is 16.7. The van der Waals surface area contributed by atoms with Crippen LogP contribution in [0.2, 0.25) is 0 Å². The van der Waals surface area contributed by atoms with Crippen molar-refractivity contribution in [3.8, 4) is 5.75 Å². The number of fused-ring (bicyclic) bond motifs is 5. The second-order valence-corrected chi connectivity index (χ2v) is 16.4. The Hall–Kier alpha value is -4.79. The average Bonchev–Trinajstić information content (AvgIpc) is 3.81. The van der Waals surface area contributed by atoms with Gasteiger partial charge in [0.1, 0.15) is 17.0 Å². The molecule has 0 bridgehead atoms. The lowest BCUT2D eigenvalue weighted by Crippen LogP contribution is -2.49. The van der Waals surface area contributed by atoms with Gasteiger partial charge in [-0.1, -0.05) is 128 Å². The molecule has 0 spiro atoms. The van der Waals surface area contributed by atoms with Gasteiger partial charge in [-0.2, -0.15) is 0 Å². The number of nitrogens with one attached hydrogen (secondary N) is 1. The fourth-order valence-electron chi connectivity index (χ4n) is 10.6. The van der Waals surface area contributed by atoms with E-state index in [0.717, 1.165) is 99.6 Å². The summed E-state index contributed by atoms with van der Waals surface area (Å²) >= 11 is 0. The zero-order valence-electron chi connectivity index (χ0n) is 31.9. The number of carbonyl (C=O) groups excluding carboxylic acids is 1. The zero-order chi connectivity index (χ0) is 37.9. The summed E-state index contributed by atoms with van der Waals surface area (Å²) in [6.07, 6.45) is 13.0. The van der Waals surface area contributed by atoms with E-state index in [-0.39, 0.29) is 11.3 Å². The molecule has 4 aromatic carbocycles. The maximum Gasteiger partial charge on any atom is 0.243 e. The van der Waals surface area contributed by atoms with Gasteiger partial charge in [0.2, 0.25) is 5.91 Å². The van der Waals surface area contributed by atoms with Crippen molar-refractivity contribution in [3.05, 3.63) is 149 Å². The highest BCUT2D eigenvalue weighted by molar-refractivity contribution is 5.74. The van der Waals surface area contributed by atoms with Gasteiger partial charge in [-0.25, -0.2) is 5.48 Å². The monoisotopic (exact) mass is 738 g/mol. The topological polar surface area (TPSA) is 110 Å². The van der Waals surface area contributed by atoms with Crippen molar-refractivity contribution in [2.45, 2.75) is 108 Å². The molecular formula is C47H54N4O4. The predicted octanol–water partition coefficient (Wildman–Crippen LogP) is 9.11. The number of aromatic nitrogens is 3. The molecule has 2 saturated carbocycles. The fraction of sp³-hybridized carbons (Fsp3) is 0.426. The number of hydrogen-bond donors (Lipinski definition) is 3. The summed E-state index contributed by atoms with van der Waals surface area (Å²) in [5.74, 6) is 1.71. The van der Waals surface area contributed by atoms with E-state index in [2.05, 4.69) is 28.8 Å². The highest BCUT2D eigenvalue weighted by Crippen LogP contribution is 2.66. The molecule has 0 unspecified atom stereocenters. The SMILES string of the molecule is C[C@]12CC[C@@H]3c4ccc(O)cc4CC[C@H]3[C@@H]1CC[C@@]2(O)c1cn(CCCCCCCC(=O)NOC(c2ccccc2)(c2ccccc2)c2ccccc2)nn1. The molecule has 8 heteroatoms. The highest BCUT2D eigenvalue weighted by Gasteiger charge is 2.63. The van der Waals surface area contributed by atoms with Gasteiger partial charge in [-0.15, -0.1) is 5.10 Å². The molecule has 8 rings (SSSR count). The Kier molecular flexibility index (Phi) is 10.6. The molecule has 8 nitrogen and oxygen atoms in total. The predicted molar refractivity (Wildman–Crippen MR) is 213 cm³/mol. The van der Waals surface area contributed by atoms with Crippen LogP contribution in [0.1, 0.15) is 117 Å². The minimum absolute atomic E-state index is 0.134. The van der Waals surface area contributed by atoms with Crippen LogP contribution in [0.5, 0.6) is 5.75 Å². The summed E-state index contributed by atoms with van der Waals surface area (Å²) in [5, 5.41) is 31.4. The Morgan fingerprint density at radius 3 is 2.15 bits per heavy atom. The minimum Gasteiger partial charge on any atom is -0.508 e. The second kappa shape index (κ2) is 15.8. The third-order valence-corrected chi connectivity index (χ3v) is 13.5. The van der Waals surface area contributed by atoms with E-state index in [1.165, 1.54) is 11.1 Å². The first-order chi connectivity index (χ1) is 26.8. The number of benzene rings is 4. The average molecular weight is 739 g/mol. The Balaban J connectivity index is 0.811. The molecule has 3 aliphatic rings. The molecule has 2 fully saturated rings. The van der Waals surface area contributed by atoms with E-state index < -0.39 is 11.2 Å². The standard InChI is InChI=1S/C47H54N4O4/c1-45-29-27-40-39-26-24-38(52)32-34(39)23-25-41(40)42(45)28-30-46(45,54)43-33-51(50-48-43)31-15-4-2-3-14-22-44(53)49-55-47(35-16-8-5-9-17-35,36-18-10-6-11-19-36)37-20-12-7-13-21-37/h5-13,16-21,24,26,32-33,40-42,52,54H,2-4,14-15,22-23,25,27-31H2,1H3,(H,49,53)/t40-,41-,42+,45+,46-/m1/s1. The number of phenolic OH excluding ortho intramolecular Hbond substituents is 1. The van der Waals surface area contributed by atoms with Crippen LogP contribution in [-0.2, 0) is 33.8 Å². The Morgan fingerprint density at radius 1 is 0.836 bits per heavy atom. The van der Waals surface area contributed by atoms with Crippen LogP contribution in [0, 0.1) is 17.3 Å². The molecule has 1 amide bonds. The van der Waals surface area contributed by atoms with Crippen LogP contribution in [-0.4, -0.2) is 31.1 Å². The van der Waals surface area contributed by atoms with Crippen LogP contribution in [0.15, 0.2) is 115 Å². The second-order valence-electron chi connectivity index (χ2n) is 16.4. The smallest absolute Gasteiger partial charge is 0.243 e. The number of amides is 1. The molecule has 286 valence electrons. The first-order valence-electron chi connectivity index (χ1n) is 20.4. The van der Waals surface area contributed by atoms with E-state index in [9.17, 15) is 15.0 Å². The molecule has 5 aromatic rings. The van der Waals surface area contributed by atoms with Gasteiger partial charge in [-0.3, -0.25) is 14.3 Å². The number of aliphatic hydroxyl groups is 1. The molecule has 3 N–H and O–H groups in total. The number of hydrogen-bond acceptors (Lipinski definition) is 6. The zero-order valence-corrected chi connectivity index (χ0v) is 31.9. The van der Waals surface area contributed by atoms with Gasteiger partial charge in [0.15, 0.2) is 5.60 Å². The van der Waals surface area contributed by atoms with Crippen molar-refractivity contribution in [2.24, 2.45) is 17.3 Å². The van der Waals surface area contributed by atoms with Crippen molar-refractivity contribution in [1.29, 1.82) is 0 Å². The molecule has 0 aliphatic heterocycles. The third kappa shape index (κ3) is 7.00. The number of aromatic hydroxyl groups is 1. The van der Waals surface area contributed by atoms with Crippen molar-refractivity contribution in [2.75, 3.05) is 0 Å². The minimum atomic E-state index is -0.998. The Bertz CT molecular complexity index is 1960. The van der Waals surface area contributed by atoms with E-state index in [4.69, 9.17) is 4.84 Å². The van der Waals surface area contributed by atoms with Gasteiger partial charge in [0.25, 0.3) is 0 Å². The molecule has 1 aromatic heterocycles.